The van der Waals surface area contributed by atoms with Crippen molar-refractivity contribution < 1.29 is 19.4 Å². The van der Waals surface area contributed by atoms with Crippen LogP contribution in [-0.4, -0.2) is 34.9 Å². The zero-order chi connectivity index (χ0) is 15.3. The van der Waals surface area contributed by atoms with E-state index in [1.54, 1.807) is 39.8 Å². The molecule has 1 rings (SSSR count). The Bertz CT molecular complexity index is 439. The summed E-state index contributed by atoms with van der Waals surface area (Å²) in [5, 5.41) is 12.7. The summed E-state index contributed by atoms with van der Waals surface area (Å²) in [6.07, 6.45) is 0.0722. The second-order valence-corrected chi connectivity index (χ2v) is 5.51. The van der Waals surface area contributed by atoms with Gasteiger partial charge in [-0.15, -0.1) is 0 Å². The lowest BCUT2D eigenvalue weighted by Gasteiger charge is -2.24. The molecule has 1 aromatic heterocycles. The highest BCUT2D eigenvalue weighted by Crippen LogP contribution is 2.18. The Morgan fingerprint density at radius 3 is 2.50 bits per heavy atom. The number of rotatable bonds is 4. The van der Waals surface area contributed by atoms with E-state index >= 15 is 0 Å². The van der Waals surface area contributed by atoms with E-state index in [1.165, 1.54) is 13.3 Å². The smallest absolute Gasteiger partial charge is 0.407 e. The van der Waals surface area contributed by atoms with Crippen LogP contribution in [0.15, 0.2) is 18.3 Å². The molecule has 0 spiro atoms. The molecule has 0 aromatic carbocycles. The van der Waals surface area contributed by atoms with Crippen LogP contribution in [0.25, 0.3) is 0 Å². The van der Waals surface area contributed by atoms with Gasteiger partial charge in [-0.25, -0.2) is 9.78 Å². The molecule has 1 heterocycles. The van der Waals surface area contributed by atoms with Gasteiger partial charge in [0.2, 0.25) is 5.88 Å². The van der Waals surface area contributed by atoms with Gasteiger partial charge in [0.1, 0.15) is 11.7 Å². The highest BCUT2D eigenvalue weighted by atomic mass is 16.6. The number of carbonyl (C=O) groups excluding carboxylic acids is 1. The maximum absolute atomic E-state index is 11.6. The Balaban J connectivity index is 2.61. The number of nitrogens with one attached hydrogen (secondary N) is 1. The lowest BCUT2D eigenvalue weighted by atomic mass is 10.1. The van der Waals surface area contributed by atoms with Crippen LogP contribution in [0, 0.1) is 0 Å². The Morgan fingerprint density at radius 1 is 1.40 bits per heavy atom. The number of hydrogen-bond acceptors (Lipinski definition) is 5. The van der Waals surface area contributed by atoms with Crippen LogP contribution in [0.3, 0.4) is 0 Å². The normalized spacial score (nSPS) is 14.3. The topological polar surface area (TPSA) is 80.7 Å². The third-order valence-electron chi connectivity index (χ3n) is 2.53. The van der Waals surface area contributed by atoms with Crippen LogP contribution in [0.5, 0.6) is 5.88 Å². The van der Waals surface area contributed by atoms with E-state index in [-0.39, 0.29) is 0 Å². The molecule has 6 heteroatoms. The van der Waals surface area contributed by atoms with Crippen molar-refractivity contribution >= 4 is 6.09 Å². The highest BCUT2D eigenvalue weighted by molar-refractivity contribution is 5.68. The van der Waals surface area contributed by atoms with Crippen molar-refractivity contribution in [3.63, 3.8) is 0 Å². The minimum absolute atomic E-state index is 0.466. The molecule has 6 nitrogen and oxygen atoms in total. The molecule has 2 atom stereocenters. The number of hydrogen-bond donors (Lipinski definition) is 2. The molecule has 0 aliphatic carbocycles. The first-order valence-electron chi connectivity index (χ1n) is 6.40. The summed E-state index contributed by atoms with van der Waals surface area (Å²) in [5.74, 6) is 0.466. The Labute approximate surface area is 119 Å². The van der Waals surface area contributed by atoms with Crippen molar-refractivity contribution in [2.75, 3.05) is 7.11 Å². The van der Waals surface area contributed by atoms with Crippen molar-refractivity contribution in [3.8, 4) is 5.88 Å². The summed E-state index contributed by atoms with van der Waals surface area (Å²) in [7, 11) is 1.52. The van der Waals surface area contributed by atoms with Crippen molar-refractivity contribution in [1.82, 2.24) is 10.3 Å². The molecular formula is C14H22N2O4. The molecule has 0 saturated heterocycles. The van der Waals surface area contributed by atoms with Crippen molar-refractivity contribution in [2.24, 2.45) is 0 Å². The summed E-state index contributed by atoms with van der Waals surface area (Å²) in [4.78, 5) is 15.6. The van der Waals surface area contributed by atoms with E-state index in [2.05, 4.69) is 10.3 Å². The predicted molar refractivity (Wildman–Crippen MR) is 74.6 cm³/mol. The number of aliphatic hydroxyl groups excluding tert-OH is 1. The molecular weight excluding hydrogens is 260 g/mol. The summed E-state index contributed by atoms with van der Waals surface area (Å²) >= 11 is 0. The second-order valence-electron chi connectivity index (χ2n) is 5.51. The zero-order valence-electron chi connectivity index (χ0n) is 12.5. The highest BCUT2D eigenvalue weighted by Gasteiger charge is 2.22. The lowest BCUT2D eigenvalue weighted by molar-refractivity contribution is 0.0435. The quantitative estimate of drug-likeness (QED) is 0.883. The zero-order valence-corrected chi connectivity index (χ0v) is 12.5. The fourth-order valence-electron chi connectivity index (χ4n) is 1.55. The molecule has 112 valence electrons. The third kappa shape index (κ3) is 5.05. The van der Waals surface area contributed by atoms with Gasteiger partial charge >= 0.3 is 6.09 Å². The van der Waals surface area contributed by atoms with Gasteiger partial charge in [0.05, 0.1) is 13.2 Å². The van der Waals surface area contributed by atoms with E-state index in [0.717, 1.165) is 0 Å². The van der Waals surface area contributed by atoms with Crippen molar-refractivity contribution in [3.05, 3.63) is 23.9 Å². The van der Waals surface area contributed by atoms with Gasteiger partial charge in [-0.3, -0.25) is 0 Å². The predicted octanol–water partition coefficient (Wildman–Crippen LogP) is 2.04. The van der Waals surface area contributed by atoms with Crippen LogP contribution < -0.4 is 10.1 Å². The van der Waals surface area contributed by atoms with Crippen LogP contribution >= 0.6 is 0 Å². The van der Waals surface area contributed by atoms with E-state index in [0.29, 0.717) is 11.4 Å². The van der Waals surface area contributed by atoms with E-state index < -0.39 is 23.8 Å². The Hall–Kier alpha value is -1.82. The average molecular weight is 282 g/mol. The van der Waals surface area contributed by atoms with E-state index in [4.69, 9.17) is 9.47 Å². The van der Waals surface area contributed by atoms with Crippen LogP contribution in [0.4, 0.5) is 4.79 Å². The Kier molecular flexibility index (Phi) is 5.33. The van der Waals surface area contributed by atoms with E-state index in [9.17, 15) is 9.90 Å². The third-order valence-corrected chi connectivity index (χ3v) is 2.53. The first-order valence-corrected chi connectivity index (χ1v) is 6.40. The lowest BCUT2D eigenvalue weighted by Crippen LogP contribution is -2.40. The fraction of sp³-hybridized carbons (Fsp3) is 0.571. The molecule has 0 fully saturated rings. The second kappa shape index (κ2) is 6.56. The summed E-state index contributed by atoms with van der Waals surface area (Å²) in [6.45, 7) is 7.03. The van der Waals surface area contributed by atoms with Crippen molar-refractivity contribution in [2.45, 2.75) is 45.4 Å². The first-order chi connectivity index (χ1) is 9.23. The van der Waals surface area contributed by atoms with Gasteiger partial charge in [-0.2, -0.15) is 0 Å². The maximum Gasteiger partial charge on any atom is 0.407 e. The summed E-state index contributed by atoms with van der Waals surface area (Å²) in [5.41, 5.74) is 0.0190. The largest absolute Gasteiger partial charge is 0.481 e. The molecule has 20 heavy (non-hydrogen) atoms. The summed E-state index contributed by atoms with van der Waals surface area (Å²) < 4.78 is 10.1. The molecule has 0 unspecified atom stereocenters. The number of aromatic nitrogens is 1. The average Bonchev–Trinajstić information content (AvgIpc) is 2.35. The van der Waals surface area contributed by atoms with Gasteiger partial charge in [-0.05, 0) is 33.8 Å². The van der Waals surface area contributed by atoms with Gasteiger partial charge in [0.15, 0.2) is 0 Å². The SMILES string of the molecule is COc1ccc([C@H](O)[C@H](C)NC(=O)OC(C)(C)C)cn1. The van der Waals surface area contributed by atoms with Crippen LogP contribution in [-0.2, 0) is 4.74 Å². The maximum atomic E-state index is 11.6. The molecule has 2 N–H and O–H groups in total. The minimum atomic E-state index is -0.874. The molecule has 0 aliphatic rings. The number of pyridine rings is 1. The van der Waals surface area contributed by atoms with Crippen LogP contribution in [0.1, 0.15) is 39.4 Å². The van der Waals surface area contributed by atoms with E-state index in [1.807, 2.05) is 0 Å². The number of methoxy groups -OCH3 is 1. The number of aliphatic hydroxyl groups is 1. The monoisotopic (exact) mass is 282 g/mol. The van der Waals surface area contributed by atoms with Crippen molar-refractivity contribution in [1.29, 1.82) is 0 Å². The molecule has 1 aromatic rings. The van der Waals surface area contributed by atoms with Gasteiger partial charge in [0.25, 0.3) is 0 Å². The number of carbonyl (C=O) groups is 1. The van der Waals surface area contributed by atoms with Crippen LogP contribution in [0.2, 0.25) is 0 Å². The number of alkyl carbamates (subject to hydrolysis) is 1. The molecule has 0 radical (unpaired) electrons. The molecule has 0 saturated carbocycles. The number of amides is 1. The number of nitrogens with zero attached hydrogens (tertiary/aromatic N) is 1. The standard InChI is InChI=1S/C14H22N2O4/c1-9(16-13(18)20-14(2,3)4)12(17)10-6-7-11(19-5)15-8-10/h6-9,12,17H,1-5H3,(H,16,18)/t9-,12+/m0/s1. The van der Waals surface area contributed by atoms with Gasteiger partial charge in [-0.1, -0.05) is 0 Å². The van der Waals surface area contributed by atoms with Gasteiger partial charge < -0.3 is 19.9 Å². The summed E-state index contributed by atoms with van der Waals surface area (Å²) in [6, 6.07) is 2.85. The first kappa shape index (κ1) is 16.2. The number of ether oxygens (including phenoxy) is 2. The minimum Gasteiger partial charge on any atom is -0.481 e. The Morgan fingerprint density at radius 2 is 2.05 bits per heavy atom. The molecule has 0 bridgehead atoms. The van der Waals surface area contributed by atoms with Gasteiger partial charge in [0, 0.05) is 17.8 Å². The molecule has 1 amide bonds. The molecule has 0 aliphatic heterocycles. The fourth-order valence-corrected chi connectivity index (χ4v) is 1.55.